The normalized spacial score (nSPS) is 9.76. The van der Waals surface area contributed by atoms with Crippen LogP contribution in [-0.2, 0) is 6.42 Å². The zero-order chi connectivity index (χ0) is 18.4. The highest BCUT2D eigenvalue weighted by molar-refractivity contribution is 5.47. The monoisotopic (exact) mass is 347 g/mol. The Morgan fingerprint density at radius 3 is 2.20 bits per heavy atom. The van der Waals surface area contributed by atoms with Crippen molar-refractivity contribution in [3.8, 4) is 17.9 Å². The molecule has 2 aromatic carbocycles. The molecule has 0 aliphatic rings. The lowest BCUT2D eigenvalue weighted by Crippen LogP contribution is -1.95. The van der Waals surface area contributed by atoms with Crippen LogP contribution in [0.15, 0.2) is 42.5 Å². The molecule has 0 aliphatic heterocycles. The van der Waals surface area contributed by atoms with Gasteiger partial charge in [0.2, 0.25) is 0 Å². The van der Waals surface area contributed by atoms with Crippen molar-refractivity contribution >= 4 is 0 Å². The number of nitrogens with zero attached hydrogens (tertiary/aromatic N) is 1. The smallest absolute Gasteiger partial charge is 0.206 e. The fourth-order valence-electron chi connectivity index (χ4n) is 2.06. The number of aryl methyl sites for hydroxylation is 1. The summed E-state index contributed by atoms with van der Waals surface area (Å²) in [6.07, 6.45) is -1.17. The van der Waals surface area contributed by atoms with Gasteiger partial charge in [0, 0.05) is 5.56 Å². The predicted octanol–water partition coefficient (Wildman–Crippen LogP) is 5.09. The lowest BCUT2D eigenvalue weighted by molar-refractivity contribution is 0.417. The van der Waals surface area contributed by atoms with E-state index in [1.54, 1.807) is 6.07 Å². The number of rotatable bonds is 3. The van der Waals surface area contributed by atoms with Gasteiger partial charge in [0.05, 0.1) is 11.1 Å². The Morgan fingerprint density at radius 2 is 1.64 bits per heavy atom. The van der Waals surface area contributed by atoms with E-state index in [1.165, 1.54) is 12.1 Å². The van der Waals surface area contributed by atoms with Crippen molar-refractivity contribution in [1.29, 1.82) is 5.26 Å². The maximum Gasteiger partial charge on any atom is 0.266 e. The summed E-state index contributed by atoms with van der Waals surface area (Å²) in [7, 11) is 0. The van der Waals surface area contributed by atoms with Crippen molar-refractivity contribution in [3.63, 3.8) is 0 Å². The predicted molar refractivity (Wildman–Crippen MR) is 82.1 cm³/mol. The Bertz CT molecular complexity index is 902. The number of hydrogen-bond acceptors (Lipinski definition) is 1. The fraction of sp³-hybridized carbons (Fsp3) is 0.105. The summed E-state index contributed by atoms with van der Waals surface area (Å²) in [6, 6.07) is 7.27. The topological polar surface area (TPSA) is 23.8 Å². The SMILES string of the molecule is N#Cc1ccc(C#Cc2c(F)cc(CCC=C(F)F)cc2F)cc1F. The Morgan fingerprint density at radius 1 is 0.960 bits per heavy atom. The van der Waals surface area contributed by atoms with Gasteiger partial charge in [-0.1, -0.05) is 11.8 Å². The van der Waals surface area contributed by atoms with Gasteiger partial charge < -0.3 is 0 Å². The van der Waals surface area contributed by atoms with Crippen LogP contribution in [0.4, 0.5) is 22.0 Å². The molecule has 0 heterocycles. The van der Waals surface area contributed by atoms with Crippen LogP contribution in [0, 0.1) is 40.6 Å². The van der Waals surface area contributed by atoms with E-state index < -0.39 is 29.1 Å². The second-order valence-electron chi connectivity index (χ2n) is 5.02. The van der Waals surface area contributed by atoms with E-state index in [4.69, 9.17) is 5.26 Å². The van der Waals surface area contributed by atoms with E-state index in [0.717, 1.165) is 18.2 Å². The first-order chi connectivity index (χ1) is 11.9. The summed E-state index contributed by atoms with van der Waals surface area (Å²) >= 11 is 0. The third-order valence-electron chi connectivity index (χ3n) is 3.25. The zero-order valence-corrected chi connectivity index (χ0v) is 12.7. The number of nitriles is 1. The third kappa shape index (κ3) is 4.92. The van der Waals surface area contributed by atoms with Crippen LogP contribution in [0.2, 0.25) is 0 Å². The van der Waals surface area contributed by atoms with Crippen molar-refractivity contribution < 1.29 is 22.0 Å². The van der Waals surface area contributed by atoms with Gasteiger partial charge in [-0.25, -0.2) is 13.2 Å². The van der Waals surface area contributed by atoms with E-state index in [9.17, 15) is 22.0 Å². The van der Waals surface area contributed by atoms with Crippen LogP contribution in [0.25, 0.3) is 0 Å². The molecule has 0 bridgehead atoms. The van der Waals surface area contributed by atoms with Gasteiger partial charge in [0.15, 0.2) is 0 Å². The van der Waals surface area contributed by atoms with E-state index in [1.807, 2.05) is 0 Å². The van der Waals surface area contributed by atoms with Gasteiger partial charge in [-0.15, -0.1) is 0 Å². The van der Waals surface area contributed by atoms with Crippen molar-refractivity contribution in [2.45, 2.75) is 12.8 Å². The van der Waals surface area contributed by atoms with Crippen LogP contribution in [0.5, 0.6) is 0 Å². The molecule has 0 amide bonds. The number of halogens is 5. The number of benzene rings is 2. The molecular formula is C19H10F5N. The molecule has 0 saturated heterocycles. The Hall–Kier alpha value is -3.12. The molecular weight excluding hydrogens is 337 g/mol. The molecule has 0 spiro atoms. The third-order valence-corrected chi connectivity index (χ3v) is 3.25. The van der Waals surface area contributed by atoms with Gasteiger partial charge >= 0.3 is 0 Å². The standard InChI is InChI=1S/C19H10F5N/c20-16-8-12(4-6-14(16)11-25)5-7-15-17(21)9-13(10-18(15)22)2-1-3-19(23)24/h3-4,6,8-10H,1-2H2. The fourth-order valence-corrected chi connectivity index (χ4v) is 2.06. The lowest BCUT2D eigenvalue weighted by Gasteiger charge is -2.03. The van der Waals surface area contributed by atoms with E-state index >= 15 is 0 Å². The highest BCUT2D eigenvalue weighted by Gasteiger charge is 2.09. The first kappa shape index (κ1) is 18.2. The lowest BCUT2D eigenvalue weighted by atomic mass is 10.1. The summed E-state index contributed by atoms with van der Waals surface area (Å²) in [5.41, 5.74) is -0.280. The minimum absolute atomic E-state index is 0.0449. The molecule has 2 aromatic rings. The Kier molecular flexibility index (Phi) is 5.92. The largest absolute Gasteiger partial charge is 0.266 e. The van der Waals surface area contributed by atoms with Crippen molar-refractivity contribution in [2.24, 2.45) is 0 Å². The first-order valence-electron chi connectivity index (χ1n) is 7.11. The van der Waals surface area contributed by atoms with Crippen LogP contribution in [-0.4, -0.2) is 0 Å². The zero-order valence-electron chi connectivity index (χ0n) is 12.7. The molecule has 25 heavy (non-hydrogen) atoms. The average molecular weight is 347 g/mol. The molecule has 0 N–H and O–H groups in total. The molecule has 0 saturated carbocycles. The van der Waals surface area contributed by atoms with E-state index in [2.05, 4.69) is 11.8 Å². The molecule has 6 heteroatoms. The quantitative estimate of drug-likeness (QED) is 0.561. The van der Waals surface area contributed by atoms with Gasteiger partial charge in [-0.3, -0.25) is 0 Å². The number of allylic oxidation sites excluding steroid dienone is 1. The van der Waals surface area contributed by atoms with Crippen LogP contribution >= 0.6 is 0 Å². The second-order valence-corrected chi connectivity index (χ2v) is 5.02. The first-order valence-corrected chi connectivity index (χ1v) is 7.11. The summed E-state index contributed by atoms with van der Waals surface area (Å²) in [6.45, 7) is 0. The highest BCUT2D eigenvalue weighted by atomic mass is 19.3. The van der Waals surface area contributed by atoms with Gasteiger partial charge in [-0.05, 0) is 54.8 Å². The summed E-state index contributed by atoms with van der Waals surface area (Å²) in [4.78, 5) is 0. The molecule has 0 aromatic heterocycles. The second kappa shape index (κ2) is 8.12. The molecule has 2 rings (SSSR count). The average Bonchev–Trinajstić information content (AvgIpc) is 2.54. The van der Waals surface area contributed by atoms with Crippen LogP contribution in [0.1, 0.15) is 28.7 Å². The maximum atomic E-state index is 14.0. The molecule has 0 aliphatic carbocycles. The van der Waals surface area contributed by atoms with Crippen molar-refractivity contribution in [3.05, 3.63) is 82.2 Å². The highest BCUT2D eigenvalue weighted by Crippen LogP contribution is 2.17. The molecule has 0 radical (unpaired) electrons. The molecule has 0 atom stereocenters. The van der Waals surface area contributed by atoms with Gasteiger partial charge in [0.1, 0.15) is 23.5 Å². The Balaban J connectivity index is 2.25. The molecule has 126 valence electrons. The van der Waals surface area contributed by atoms with E-state index in [-0.39, 0.29) is 29.5 Å². The van der Waals surface area contributed by atoms with Gasteiger partial charge in [0.25, 0.3) is 6.08 Å². The summed E-state index contributed by atoms with van der Waals surface area (Å²) in [5, 5.41) is 8.64. The van der Waals surface area contributed by atoms with E-state index in [0.29, 0.717) is 6.08 Å². The summed E-state index contributed by atoms with van der Waals surface area (Å²) in [5.74, 6) is 2.07. The summed E-state index contributed by atoms with van der Waals surface area (Å²) < 4.78 is 65.3. The minimum Gasteiger partial charge on any atom is -0.206 e. The maximum absolute atomic E-state index is 14.0. The van der Waals surface area contributed by atoms with Crippen LogP contribution < -0.4 is 0 Å². The minimum atomic E-state index is -1.85. The molecule has 1 nitrogen and oxygen atoms in total. The van der Waals surface area contributed by atoms with Crippen molar-refractivity contribution in [2.75, 3.05) is 0 Å². The number of hydrogen-bond donors (Lipinski definition) is 0. The van der Waals surface area contributed by atoms with Crippen molar-refractivity contribution in [1.82, 2.24) is 0 Å². The van der Waals surface area contributed by atoms with Gasteiger partial charge in [-0.2, -0.15) is 14.0 Å². The molecule has 0 fully saturated rings. The van der Waals surface area contributed by atoms with Crippen LogP contribution in [0.3, 0.4) is 0 Å². The Labute approximate surface area is 141 Å². The molecule has 0 unspecified atom stereocenters.